The topological polar surface area (TPSA) is 62.5 Å². The molecule has 6 heteroatoms. The van der Waals surface area contributed by atoms with E-state index in [2.05, 4.69) is 5.32 Å². The zero-order valence-corrected chi connectivity index (χ0v) is 10.8. The molecule has 0 atom stereocenters. The van der Waals surface area contributed by atoms with Crippen LogP contribution < -0.4 is 5.32 Å². The number of carbonyl (C=O) groups is 1. The van der Waals surface area contributed by atoms with E-state index in [9.17, 15) is 9.18 Å². The second kappa shape index (κ2) is 5.32. The Morgan fingerprint density at radius 3 is 2.79 bits per heavy atom. The SMILES string of the molecule is Cc1oc(CNc2ccc(F)cc2Cl)cc1C(=O)O. The van der Waals surface area contributed by atoms with Gasteiger partial charge in [-0.15, -0.1) is 0 Å². The van der Waals surface area contributed by atoms with Crippen molar-refractivity contribution in [2.75, 3.05) is 5.32 Å². The molecule has 2 rings (SSSR count). The summed E-state index contributed by atoms with van der Waals surface area (Å²) in [5.41, 5.74) is 0.677. The zero-order valence-electron chi connectivity index (χ0n) is 10.0. The minimum Gasteiger partial charge on any atom is -0.478 e. The molecule has 0 aliphatic rings. The Hall–Kier alpha value is -2.01. The Labute approximate surface area is 113 Å². The lowest BCUT2D eigenvalue weighted by molar-refractivity contribution is 0.0695. The van der Waals surface area contributed by atoms with Crippen LogP contribution in [0.15, 0.2) is 28.7 Å². The lowest BCUT2D eigenvalue weighted by Gasteiger charge is -2.06. The standard InChI is InChI=1S/C13H11ClFNO3/c1-7-10(13(17)18)5-9(19-7)6-16-12-3-2-8(15)4-11(12)14/h2-5,16H,6H2,1H3,(H,17,18). The number of hydrogen-bond donors (Lipinski definition) is 2. The van der Waals surface area contributed by atoms with E-state index in [1.165, 1.54) is 24.3 Å². The number of furan rings is 1. The second-order valence-corrected chi connectivity index (χ2v) is 4.37. The molecule has 0 spiro atoms. The fourth-order valence-corrected chi connectivity index (χ4v) is 1.89. The number of halogens is 2. The summed E-state index contributed by atoms with van der Waals surface area (Å²) in [5, 5.41) is 12.1. The molecule has 2 N–H and O–H groups in total. The van der Waals surface area contributed by atoms with Gasteiger partial charge in [-0.2, -0.15) is 0 Å². The van der Waals surface area contributed by atoms with E-state index < -0.39 is 11.8 Å². The summed E-state index contributed by atoms with van der Waals surface area (Å²) < 4.78 is 18.2. The number of aromatic carboxylic acids is 1. The summed E-state index contributed by atoms with van der Waals surface area (Å²) in [6, 6.07) is 5.43. The number of hydrogen-bond acceptors (Lipinski definition) is 3. The maximum absolute atomic E-state index is 12.9. The molecule has 0 saturated heterocycles. The van der Waals surface area contributed by atoms with E-state index in [-0.39, 0.29) is 17.1 Å². The summed E-state index contributed by atoms with van der Waals surface area (Å²) in [5.74, 6) is -0.644. The predicted molar refractivity (Wildman–Crippen MR) is 69.1 cm³/mol. The predicted octanol–water partition coefficient (Wildman–Crippen LogP) is 3.69. The molecule has 100 valence electrons. The van der Waals surface area contributed by atoms with Crippen molar-refractivity contribution in [1.29, 1.82) is 0 Å². The van der Waals surface area contributed by atoms with Crippen LogP contribution in [0.2, 0.25) is 5.02 Å². The van der Waals surface area contributed by atoms with Crippen LogP contribution in [-0.2, 0) is 6.54 Å². The van der Waals surface area contributed by atoms with Gasteiger partial charge in [0.15, 0.2) is 0 Å². The number of carboxylic acid groups (broad SMARTS) is 1. The first kappa shape index (κ1) is 13.4. The Morgan fingerprint density at radius 1 is 1.47 bits per heavy atom. The molecule has 0 fully saturated rings. The van der Waals surface area contributed by atoms with Gasteiger partial charge in [-0.3, -0.25) is 0 Å². The molecule has 0 aliphatic carbocycles. The highest BCUT2D eigenvalue weighted by molar-refractivity contribution is 6.33. The van der Waals surface area contributed by atoms with Gasteiger partial charge >= 0.3 is 5.97 Å². The van der Waals surface area contributed by atoms with Crippen LogP contribution >= 0.6 is 11.6 Å². The molecule has 0 unspecified atom stereocenters. The van der Waals surface area contributed by atoms with E-state index in [0.717, 1.165) is 0 Å². The molecule has 1 heterocycles. The Morgan fingerprint density at radius 2 is 2.21 bits per heavy atom. The van der Waals surface area contributed by atoms with Gasteiger partial charge in [0.05, 0.1) is 17.3 Å². The number of nitrogens with one attached hydrogen (secondary N) is 1. The van der Waals surface area contributed by atoms with E-state index in [1.807, 2.05) is 0 Å². The summed E-state index contributed by atoms with van der Waals surface area (Å²) in [6.07, 6.45) is 0. The van der Waals surface area contributed by atoms with E-state index in [4.69, 9.17) is 21.1 Å². The van der Waals surface area contributed by atoms with E-state index >= 15 is 0 Å². The number of benzene rings is 1. The minimum absolute atomic E-state index is 0.127. The van der Waals surface area contributed by atoms with Crippen LogP contribution in [0.5, 0.6) is 0 Å². The normalized spacial score (nSPS) is 10.5. The highest BCUT2D eigenvalue weighted by Crippen LogP contribution is 2.23. The van der Waals surface area contributed by atoms with Crippen molar-refractivity contribution >= 4 is 23.3 Å². The van der Waals surface area contributed by atoms with Gasteiger partial charge in [0.2, 0.25) is 0 Å². The molecule has 1 aromatic heterocycles. The molecule has 0 saturated carbocycles. The smallest absolute Gasteiger partial charge is 0.339 e. The summed E-state index contributed by atoms with van der Waals surface area (Å²) in [4.78, 5) is 10.9. The van der Waals surface area contributed by atoms with Crippen LogP contribution in [0.1, 0.15) is 21.9 Å². The molecule has 4 nitrogen and oxygen atoms in total. The van der Waals surface area contributed by atoms with Crippen molar-refractivity contribution in [2.45, 2.75) is 13.5 Å². The average molecular weight is 284 g/mol. The highest BCUT2D eigenvalue weighted by Gasteiger charge is 2.13. The third-order valence-corrected chi connectivity index (χ3v) is 2.90. The summed E-state index contributed by atoms with van der Waals surface area (Å²) in [7, 11) is 0. The van der Waals surface area contributed by atoms with Gasteiger partial charge in [-0.05, 0) is 31.2 Å². The van der Waals surface area contributed by atoms with Crippen LogP contribution in [0.25, 0.3) is 0 Å². The van der Waals surface area contributed by atoms with Gasteiger partial charge in [0, 0.05) is 0 Å². The molecular weight excluding hydrogens is 273 g/mol. The van der Waals surface area contributed by atoms with Crippen LogP contribution in [0.4, 0.5) is 10.1 Å². The maximum atomic E-state index is 12.9. The summed E-state index contributed by atoms with van der Waals surface area (Å²) >= 11 is 5.86. The van der Waals surface area contributed by atoms with Crippen LogP contribution in [0.3, 0.4) is 0 Å². The Balaban J connectivity index is 2.10. The van der Waals surface area contributed by atoms with Gasteiger partial charge in [-0.1, -0.05) is 11.6 Å². The third-order valence-electron chi connectivity index (χ3n) is 2.58. The Kier molecular flexibility index (Phi) is 3.76. The number of rotatable bonds is 4. The molecule has 19 heavy (non-hydrogen) atoms. The number of anilines is 1. The molecule has 1 aromatic carbocycles. The van der Waals surface area contributed by atoms with Crippen molar-refractivity contribution in [3.8, 4) is 0 Å². The molecule has 0 bridgehead atoms. The number of aryl methyl sites for hydroxylation is 1. The van der Waals surface area contributed by atoms with E-state index in [1.54, 1.807) is 6.92 Å². The fraction of sp³-hybridized carbons (Fsp3) is 0.154. The molecular formula is C13H11ClFNO3. The van der Waals surface area contributed by atoms with Crippen molar-refractivity contribution < 1.29 is 18.7 Å². The molecule has 2 aromatic rings. The van der Waals surface area contributed by atoms with E-state index in [0.29, 0.717) is 17.2 Å². The zero-order chi connectivity index (χ0) is 14.0. The minimum atomic E-state index is -1.03. The van der Waals surface area contributed by atoms with Crippen molar-refractivity contribution in [3.05, 3.63) is 52.2 Å². The first-order chi connectivity index (χ1) is 8.97. The van der Waals surface area contributed by atoms with Gasteiger partial charge in [-0.25, -0.2) is 9.18 Å². The van der Waals surface area contributed by atoms with Crippen LogP contribution in [-0.4, -0.2) is 11.1 Å². The summed E-state index contributed by atoms with van der Waals surface area (Å²) in [6.45, 7) is 1.84. The van der Waals surface area contributed by atoms with Crippen LogP contribution in [0, 0.1) is 12.7 Å². The molecule has 0 radical (unpaired) electrons. The maximum Gasteiger partial charge on any atom is 0.339 e. The quantitative estimate of drug-likeness (QED) is 0.898. The largest absolute Gasteiger partial charge is 0.478 e. The number of carboxylic acids is 1. The first-order valence-electron chi connectivity index (χ1n) is 5.49. The molecule has 0 aliphatic heterocycles. The van der Waals surface area contributed by atoms with Crippen molar-refractivity contribution in [2.24, 2.45) is 0 Å². The van der Waals surface area contributed by atoms with Crippen molar-refractivity contribution in [1.82, 2.24) is 0 Å². The highest BCUT2D eigenvalue weighted by atomic mass is 35.5. The first-order valence-corrected chi connectivity index (χ1v) is 5.86. The monoisotopic (exact) mass is 283 g/mol. The third kappa shape index (κ3) is 3.06. The van der Waals surface area contributed by atoms with Gasteiger partial charge < -0.3 is 14.8 Å². The van der Waals surface area contributed by atoms with Gasteiger partial charge in [0.1, 0.15) is 22.9 Å². The Bertz CT molecular complexity index is 624. The fourth-order valence-electron chi connectivity index (χ4n) is 1.66. The van der Waals surface area contributed by atoms with Gasteiger partial charge in [0.25, 0.3) is 0 Å². The lowest BCUT2D eigenvalue weighted by atomic mass is 10.2. The average Bonchev–Trinajstić information content (AvgIpc) is 2.69. The molecule has 0 amide bonds. The van der Waals surface area contributed by atoms with Crippen molar-refractivity contribution in [3.63, 3.8) is 0 Å². The second-order valence-electron chi connectivity index (χ2n) is 3.97. The lowest BCUT2D eigenvalue weighted by Crippen LogP contribution is -1.99.